The van der Waals surface area contributed by atoms with Crippen molar-refractivity contribution in [1.29, 1.82) is 0 Å². The first-order chi connectivity index (χ1) is 10.9. The fourth-order valence-electron chi connectivity index (χ4n) is 2.98. The van der Waals surface area contributed by atoms with Crippen molar-refractivity contribution in [2.24, 2.45) is 0 Å². The maximum absolute atomic E-state index is 11.9. The molecule has 1 aliphatic rings. The fraction of sp³-hybridized carbons (Fsp3) is 0.467. The van der Waals surface area contributed by atoms with Crippen LogP contribution in [0.2, 0.25) is 0 Å². The molecule has 1 unspecified atom stereocenters. The highest BCUT2D eigenvalue weighted by molar-refractivity contribution is 7.92. The summed E-state index contributed by atoms with van der Waals surface area (Å²) < 4.78 is 27.9. The molecule has 1 aromatic carbocycles. The number of rotatable bonds is 4. The van der Waals surface area contributed by atoms with E-state index in [9.17, 15) is 13.5 Å². The van der Waals surface area contributed by atoms with E-state index in [1.54, 1.807) is 12.1 Å². The number of aromatic hydroxyl groups is 1. The summed E-state index contributed by atoms with van der Waals surface area (Å²) in [6.07, 6.45) is 3.15. The van der Waals surface area contributed by atoms with E-state index in [4.69, 9.17) is 0 Å². The van der Waals surface area contributed by atoms with Crippen molar-refractivity contribution in [2.45, 2.75) is 29.5 Å². The van der Waals surface area contributed by atoms with Crippen LogP contribution in [-0.4, -0.2) is 47.4 Å². The van der Waals surface area contributed by atoms with Crippen molar-refractivity contribution >= 4 is 21.4 Å². The lowest BCUT2D eigenvalue weighted by molar-refractivity contribution is 0.197. The van der Waals surface area contributed by atoms with E-state index >= 15 is 0 Å². The topological polar surface area (TPSA) is 83.4 Å². The molecule has 8 heteroatoms. The van der Waals surface area contributed by atoms with Gasteiger partial charge in [-0.15, -0.1) is 5.10 Å². The Bertz CT molecular complexity index is 772. The maximum atomic E-state index is 11.9. The van der Waals surface area contributed by atoms with Crippen LogP contribution in [0.5, 0.6) is 5.75 Å². The third-order valence-corrected chi connectivity index (χ3v) is 6.61. The lowest BCUT2D eigenvalue weighted by Gasteiger charge is -2.32. The summed E-state index contributed by atoms with van der Waals surface area (Å²) >= 11 is 0.962. The predicted molar refractivity (Wildman–Crippen MR) is 88.4 cm³/mol. The van der Waals surface area contributed by atoms with Crippen LogP contribution in [0.4, 0.5) is 0 Å². The molecular formula is C15H19N3O3S2. The third-order valence-electron chi connectivity index (χ3n) is 4.05. The number of hydrogen-bond donors (Lipinski definition) is 1. The molecule has 0 spiro atoms. The van der Waals surface area contributed by atoms with Crippen LogP contribution in [0.25, 0.3) is 0 Å². The van der Waals surface area contributed by atoms with Gasteiger partial charge in [-0.25, -0.2) is 8.42 Å². The van der Waals surface area contributed by atoms with Gasteiger partial charge in [-0.1, -0.05) is 16.6 Å². The van der Waals surface area contributed by atoms with Gasteiger partial charge in [-0.3, -0.25) is 4.90 Å². The minimum Gasteiger partial charge on any atom is -0.508 e. The zero-order valence-electron chi connectivity index (χ0n) is 12.8. The first kappa shape index (κ1) is 16.4. The highest BCUT2D eigenvalue weighted by Crippen LogP contribution is 2.32. The van der Waals surface area contributed by atoms with E-state index < -0.39 is 9.84 Å². The highest BCUT2D eigenvalue weighted by atomic mass is 32.2. The zero-order valence-corrected chi connectivity index (χ0v) is 14.5. The van der Waals surface area contributed by atoms with Crippen molar-refractivity contribution in [1.82, 2.24) is 14.5 Å². The molecule has 0 saturated carbocycles. The van der Waals surface area contributed by atoms with E-state index in [-0.39, 0.29) is 11.7 Å². The Hall–Kier alpha value is -1.51. The van der Waals surface area contributed by atoms with E-state index in [2.05, 4.69) is 14.5 Å². The number of hydrogen-bond acceptors (Lipinski definition) is 7. The van der Waals surface area contributed by atoms with Crippen LogP contribution in [0, 0.1) is 0 Å². The summed E-state index contributed by atoms with van der Waals surface area (Å²) in [5, 5.41) is 13.4. The molecule has 1 atom stereocenters. The smallest absolute Gasteiger partial charge is 0.188 e. The number of nitrogens with zero attached hydrogens (tertiary/aromatic N) is 3. The molecule has 23 heavy (non-hydrogen) atoms. The van der Waals surface area contributed by atoms with Crippen LogP contribution in [0.1, 0.15) is 30.0 Å². The van der Waals surface area contributed by atoms with Gasteiger partial charge in [0.1, 0.15) is 5.75 Å². The predicted octanol–water partition coefficient (Wildman–Crippen LogP) is 2.03. The van der Waals surface area contributed by atoms with E-state index in [0.717, 1.165) is 49.6 Å². The molecule has 0 aliphatic carbocycles. The Labute approximate surface area is 139 Å². The second-order valence-corrected chi connectivity index (χ2v) is 8.92. The molecule has 1 N–H and O–H groups in total. The number of piperidine rings is 1. The molecule has 0 bridgehead atoms. The fourth-order valence-corrected chi connectivity index (χ4v) is 4.71. The number of sulfone groups is 1. The lowest BCUT2D eigenvalue weighted by Crippen LogP contribution is -2.34. The molecule has 124 valence electrons. The second kappa shape index (κ2) is 6.54. The van der Waals surface area contributed by atoms with Gasteiger partial charge in [0.05, 0.1) is 5.69 Å². The molecule has 1 aromatic heterocycles. The summed E-state index contributed by atoms with van der Waals surface area (Å²) in [6.45, 7) is 2.53. The van der Waals surface area contributed by atoms with Crippen LogP contribution in [-0.2, 0) is 16.4 Å². The lowest BCUT2D eigenvalue weighted by atomic mass is 9.95. The van der Waals surface area contributed by atoms with Crippen molar-refractivity contribution in [2.75, 3.05) is 19.3 Å². The summed E-state index contributed by atoms with van der Waals surface area (Å²) in [6, 6.07) is 7.18. The van der Waals surface area contributed by atoms with Crippen molar-refractivity contribution in [3.8, 4) is 5.75 Å². The van der Waals surface area contributed by atoms with Gasteiger partial charge in [0, 0.05) is 36.8 Å². The monoisotopic (exact) mass is 353 g/mol. The average Bonchev–Trinajstić information content (AvgIpc) is 3.00. The number of likely N-dealkylation sites (tertiary alicyclic amines) is 1. The molecular weight excluding hydrogens is 334 g/mol. The maximum Gasteiger partial charge on any atom is 0.188 e. The second-order valence-electron chi connectivity index (χ2n) is 5.96. The molecule has 1 aliphatic heterocycles. The van der Waals surface area contributed by atoms with Gasteiger partial charge in [-0.05, 0) is 37.1 Å². The number of phenols is 1. The van der Waals surface area contributed by atoms with Gasteiger partial charge in [0.2, 0.25) is 0 Å². The molecule has 3 rings (SSSR count). The Morgan fingerprint density at radius 3 is 2.78 bits per heavy atom. The van der Waals surface area contributed by atoms with Crippen LogP contribution < -0.4 is 0 Å². The minimum absolute atomic E-state index is 0.101. The molecule has 2 heterocycles. The Morgan fingerprint density at radius 2 is 2.09 bits per heavy atom. The Balaban J connectivity index is 1.74. The van der Waals surface area contributed by atoms with Crippen molar-refractivity contribution in [3.63, 3.8) is 0 Å². The summed E-state index contributed by atoms with van der Waals surface area (Å²) in [4.78, 5) is 2.30. The van der Waals surface area contributed by atoms with Crippen LogP contribution in [0.3, 0.4) is 0 Å². The van der Waals surface area contributed by atoms with Crippen LogP contribution in [0.15, 0.2) is 28.5 Å². The summed E-state index contributed by atoms with van der Waals surface area (Å²) in [5.41, 5.74) is 1.75. The first-order valence-electron chi connectivity index (χ1n) is 7.46. The van der Waals surface area contributed by atoms with Gasteiger partial charge in [-0.2, -0.15) is 0 Å². The molecule has 6 nitrogen and oxygen atoms in total. The van der Waals surface area contributed by atoms with Gasteiger partial charge < -0.3 is 5.11 Å². The van der Waals surface area contributed by atoms with Crippen molar-refractivity contribution in [3.05, 3.63) is 35.5 Å². The number of aromatic nitrogens is 2. The molecule has 0 amide bonds. The quantitative estimate of drug-likeness (QED) is 0.905. The Kier molecular flexibility index (Phi) is 4.65. The summed E-state index contributed by atoms with van der Waals surface area (Å²) in [7, 11) is -3.27. The molecule has 1 fully saturated rings. The third kappa shape index (κ3) is 3.88. The minimum atomic E-state index is -3.27. The van der Waals surface area contributed by atoms with E-state index in [1.807, 2.05) is 12.1 Å². The van der Waals surface area contributed by atoms with E-state index in [0.29, 0.717) is 9.90 Å². The van der Waals surface area contributed by atoms with Gasteiger partial charge >= 0.3 is 0 Å². The number of phenolic OH excluding ortho intramolecular Hbond substituents is 1. The normalized spacial score (nSPS) is 19.8. The van der Waals surface area contributed by atoms with Crippen molar-refractivity contribution < 1.29 is 13.5 Å². The first-order valence-corrected chi connectivity index (χ1v) is 10.1. The highest BCUT2D eigenvalue weighted by Gasteiger charge is 2.29. The summed E-state index contributed by atoms with van der Waals surface area (Å²) in [5.74, 6) is 0.362. The largest absolute Gasteiger partial charge is 0.508 e. The average molecular weight is 353 g/mol. The van der Waals surface area contributed by atoms with E-state index in [1.165, 1.54) is 6.26 Å². The standard InChI is InChI=1S/C15H19N3O3S2/c1-23(20,21)15-14(16-17-22-15)12-3-2-8-18(10-12)9-11-4-6-13(19)7-5-11/h4-7,12,19H,2-3,8-10H2,1H3. The zero-order chi connectivity index (χ0) is 16.4. The van der Waals surface area contributed by atoms with Gasteiger partial charge in [0.15, 0.2) is 14.0 Å². The van der Waals surface area contributed by atoms with Crippen LogP contribution >= 0.6 is 11.5 Å². The molecule has 2 aromatic rings. The Morgan fingerprint density at radius 1 is 1.35 bits per heavy atom. The number of benzene rings is 1. The molecule has 1 saturated heterocycles. The molecule has 0 radical (unpaired) electrons. The SMILES string of the molecule is CS(=O)(=O)c1snnc1C1CCCN(Cc2ccc(O)cc2)C1. The van der Waals surface area contributed by atoms with Gasteiger partial charge in [0.25, 0.3) is 0 Å².